The minimum Gasteiger partial charge on any atom is -0.319 e. The monoisotopic (exact) mass is 255 g/mol. The van der Waals surface area contributed by atoms with Crippen LogP contribution in [0.15, 0.2) is 29.2 Å². The van der Waals surface area contributed by atoms with E-state index < -0.39 is 9.84 Å². The highest BCUT2D eigenvalue weighted by Gasteiger charge is 2.18. The fraction of sp³-hybridized carbons (Fsp3) is 0.538. The Balaban J connectivity index is 2.96. The molecular weight excluding hydrogens is 234 g/mol. The number of rotatable bonds is 5. The molecule has 0 spiro atoms. The van der Waals surface area contributed by atoms with Crippen molar-refractivity contribution < 1.29 is 8.42 Å². The van der Waals surface area contributed by atoms with Crippen LogP contribution in [0.2, 0.25) is 0 Å². The van der Waals surface area contributed by atoms with E-state index in [0.717, 1.165) is 12.1 Å². The lowest BCUT2D eigenvalue weighted by atomic mass is 10.0. The van der Waals surface area contributed by atoms with Crippen LogP contribution in [0.1, 0.15) is 32.3 Å². The van der Waals surface area contributed by atoms with Crippen molar-refractivity contribution >= 4 is 9.84 Å². The topological polar surface area (TPSA) is 46.2 Å². The van der Waals surface area contributed by atoms with Crippen molar-refractivity contribution in [1.82, 2.24) is 5.32 Å². The van der Waals surface area contributed by atoms with Crippen molar-refractivity contribution in [2.75, 3.05) is 13.6 Å². The molecule has 1 N–H and O–H groups in total. The van der Waals surface area contributed by atoms with E-state index in [1.807, 2.05) is 19.2 Å². The van der Waals surface area contributed by atoms with Crippen LogP contribution in [0.4, 0.5) is 0 Å². The summed E-state index contributed by atoms with van der Waals surface area (Å²) in [5.41, 5.74) is 1.15. The fourth-order valence-electron chi connectivity index (χ4n) is 1.68. The molecule has 3 nitrogen and oxygen atoms in total. The van der Waals surface area contributed by atoms with E-state index in [1.165, 1.54) is 0 Å². The summed E-state index contributed by atoms with van der Waals surface area (Å²) in [7, 11) is -1.24. The first-order valence-corrected chi connectivity index (χ1v) is 7.42. The molecule has 0 aliphatic heterocycles. The molecule has 0 aromatic heterocycles. The van der Waals surface area contributed by atoms with Crippen LogP contribution < -0.4 is 5.32 Å². The first-order valence-electron chi connectivity index (χ1n) is 5.88. The van der Waals surface area contributed by atoms with E-state index in [-0.39, 0.29) is 5.25 Å². The summed E-state index contributed by atoms with van der Waals surface area (Å²) >= 11 is 0. The molecule has 0 saturated carbocycles. The molecular formula is C13H21NO2S. The molecule has 96 valence electrons. The lowest BCUT2D eigenvalue weighted by Crippen LogP contribution is -2.16. The molecule has 1 atom stereocenters. The second kappa shape index (κ2) is 5.65. The van der Waals surface area contributed by atoms with Crippen LogP contribution in [0, 0.1) is 0 Å². The van der Waals surface area contributed by atoms with Crippen LogP contribution >= 0.6 is 0 Å². The van der Waals surface area contributed by atoms with Crippen molar-refractivity contribution in [2.24, 2.45) is 0 Å². The van der Waals surface area contributed by atoms with E-state index in [1.54, 1.807) is 26.0 Å². The lowest BCUT2D eigenvalue weighted by Gasteiger charge is -2.13. The number of nitrogens with one attached hydrogen (secondary N) is 1. The molecule has 0 aliphatic rings. The number of hydrogen-bond acceptors (Lipinski definition) is 3. The molecule has 0 radical (unpaired) electrons. The van der Waals surface area contributed by atoms with Gasteiger partial charge in [-0.25, -0.2) is 8.42 Å². The molecule has 0 amide bonds. The van der Waals surface area contributed by atoms with Gasteiger partial charge in [0.25, 0.3) is 0 Å². The van der Waals surface area contributed by atoms with Gasteiger partial charge < -0.3 is 5.32 Å². The summed E-state index contributed by atoms with van der Waals surface area (Å²) < 4.78 is 23.9. The van der Waals surface area contributed by atoms with Crippen LogP contribution in [0.25, 0.3) is 0 Å². The maximum atomic E-state index is 11.9. The first-order chi connectivity index (χ1) is 7.89. The smallest absolute Gasteiger partial charge is 0.180 e. The Morgan fingerprint density at radius 3 is 2.06 bits per heavy atom. The predicted octanol–water partition coefficient (Wildman–Crippen LogP) is 2.19. The molecule has 0 aliphatic carbocycles. The van der Waals surface area contributed by atoms with Gasteiger partial charge >= 0.3 is 0 Å². The maximum absolute atomic E-state index is 11.9. The Morgan fingerprint density at radius 2 is 1.65 bits per heavy atom. The van der Waals surface area contributed by atoms with Crippen LogP contribution in [-0.4, -0.2) is 27.3 Å². The van der Waals surface area contributed by atoms with Gasteiger partial charge in [0, 0.05) is 6.54 Å². The van der Waals surface area contributed by atoms with Crippen molar-refractivity contribution in [1.29, 1.82) is 0 Å². The second-order valence-electron chi connectivity index (χ2n) is 4.62. The average molecular weight is 255 g/mol. The molecule has 1 aromatic rings. The molecule has 0 fully saturated rings. The van der Waals surface area contributed by atoms with Gasteiger partial charge in [0.15, 0.2) is 9.84 Å². The molecule has 17 heavy (non-hydrogen) atoms. The highest BCUT2D eigenvalue weighted by molar-refractivity contribution is 7.92. The number of sulfone groups is 1. The molecule has 4 heteroatoms. The Bertz CT molecular complexity index is 449. The van der Waals surface area contributed by atoms with Gasteiger partial charge in [-0.15, -0.1) is 0 Å². The Labute approximate surface area is 104 Å². The molecule has 0 heterocycles. The lowest BCUT2D eigenvalue weighted by molar-refractivity contribution is 0.587. The number of hydrogen-bond donors (Lipinski definition) is 1. The Morgan fingerprint density at radius 1 is 1.12 bits per heavy atom. The van der Waals surface area contributed by atoms with Gasteiger partial charge in [0.05, 0.1) is 10.1 Å². The highest BCUT2D eigenvalue weighted by atomic mass is 32.2. The molecule has 1 rings (SSSR count). The largest absolute Gasteiger partial charge is 0.319 e. The van der Waals surface area contributed by atoms with E-state index in [0.29, 0.717) is 10.8 Å². The average Bonchev–Trinajstić information content (AvgIpc) is 2.29. The quantitative estimate of drug-likeness (QED) is 0.877. The summed E-state index contributed by atoms with van der Waals surface area (Å²) in [6.07, 6.45) is 0. The zero-order chi connectivity index (χ0) is 13.1. The van der Waals surface area contributed by atoms with Gasteiger partial charge in [-0.1, -0.05) is 19.1 Å². The summed E-state index contributed by atoms with van der Waals surface area (Å²) in [6.45, 7) is 6.40. The molecule has 1 unspecified atom stereocenters. The Hall–Kier alpha value is -0.870. The summed E-state index contributed by atoms with van der Waals surface area (Å²) in [5, 5.41) is 2.74. The fourth-order valence-corrected chi connectivity index (χ4v) is 2.74. The minimum absolute atomic E-state index is 0.372. The number of benzene rings is 1. The van der Waals surface area contributed by atoms with Gasteiger partial charge in [0.1, 0.15) is 0 Å². The summed E-state index contributed by atoms with van der Waals surface area (Å²) in [6, 6.07) is 7.21. The summed E-state index contributed by atoms with van der Waals surface area (Å²) in [5.74, 6) is 0.385. The molecule has 0 bridgehead atoms. The molecule has 0 saturated heterocycles. The van der Waals surface area contributed by atoms with E-state index >= 15 is 0 Å². The first kappa shape index (κ1) is 14.2. The van der Waals surface area contributed by atoms with Crippen LogP contribution in [0.3, 0.4) is 0 Å². The van der Waals surface area contributed by atoms with Crippen LogP contribution in [0.5, 0.6) is 0 Å². The van der Waals surface area contributed by atoms with E-state index in [4.69, 9.17) is 0 Å². The van der Waals surface area contributed by atoms with E-state index in [9.17, 15) is 8.42 Å². The third-order valence-electron chi connectivity index (χ3n) is 2.91. The van der Waals surface area contributed by atoms with Gasteiger partial charge in [-0.3, -0.25) is 0 Å². The Kier molecular flexibility index (Phi) is 4.71. The van der Waals surface area contributed by atoms with Gasteiger partial charge in [-0.05, 0) is 44.5 Å². The third-order valence-corrected chi connectivity index (χ3v) is 5.08. The predicted molar refractivity (Wildman–Crippen MR) is 71.1 cm³/mol. The maximum Gasteiger partial charge on any atom is 0.180 e. The second-order valence-corrected chi connectivity index (χ2v) is 7.13. The van der Waals surface area contributed by atoms with Gasteiger partial charge in [-0.2, -0.15) is 0 Å². The number of likely N-dealkylation sites (N-methyl/N-ethyl adjacent to an activating group) is 1. The van der Waals surface area contributed by atoms with Crippen molar-refractivity contribution in [3.63, 3.8) is 0 Å². The molecule has 1 aromatic carbocycles. The standard InChI is InChI=1S/C13H21NO2S/c1-10(2)17(15,16)13-7-5-12(6-8-13)11(3)9-14-4/h5-8,10-11,14H,9H2,1-4H3. The van der Waals surface area contributed by atoms with Crippen molar-refractivity contribution in [3.8, 4) is 0 Å². The summed E-state index contributed by atoms with van der Waals surface area (Å²) in [4.78, 5) is 0.410. The zero-order valence-corrected chi connectivity index (χ0v) is 11.7. The van der Waals surface area contributed by atoms with Crippen LogP contribution in [-0.2, 0) is 9.84 Å². The highest BCUT2D eigenvalue weighted by Crippen LogP contribution is 2.20. The third kappa shape index (κ3) is 3.30. The SMILES string of the molecule is CNCC(C)c1ccc(S(=O)(=O)C(C)C)cc1. The van der Waals surface area contributed by atoms with Gasteiger partial charge in [0.2, 0.25) is 0 Å². The van der Waals surface area contributed by atoms with Crippen molar-refractivity contribution in [3.05, 3.63) is 29.8 Å². The normalized spacial score (nSPS) is 13.9. The van der Waals surface area contributed by atoms with E-state index in [2.05, 4.69) is 12.2 Å². The zero-order valence-electron chi connectivity index (χ0n) is 10.9. The van der Waals surface area contributed by atoms with Crippen molar-refractivity contribution in [2.45, 2.75) is 36.8 Å². The minimum atomic E-state index is -3.15.